The van der Waals surface area contributed by atoms with E-state index in [2.05, 4.69) is 66.8 Å². The van der Waals surface area contributed by atoms with Crippen LogP contribution < -0.4 is 0 Å². The van der Waals surface area contributed by atoms with E-state index in [0.717, 1.165) is 35.1 Å². The molecule has 1 aliphatic heterocycles. The van der Waals surface area contributed by atoms with E-state index in [1.54, 1.807) is 0 Å². The number of ether oxygens (including phenoxy) is 1. The second-order valence-corrected chi connectivity index (χ2v) is 10.1. The van der Waals surface area contributed by atoms with E-state index in [4.69, 9.17) is 4.74 Å². The van der Waals surface area contributed by atoms with Gasteiger partial charge in [-0.25, -0.2) is 0 Å². The zero-order valence-corrected chi connectivity index (χ0v) is 20.6. The summed E-state index contributed by atoms with van der Waals surface area (Å²) in [6.45, 7) is 5.86. The van der Waals surface area contributed by atoms with Crippen LogP contribution >= 0.6 is 0 Å². The molecule has 5 rings (SSSR count). The van der Waals surface area contributed by atoms with Crippen LogP contribution in [0.1, 0.15) is 46.9 Å². The number of likely N-dealkylation sites (tertiary alicyclic amines) is 1. The number of aromatic nitrogens is 1. The Morgan fingerprint density at radius 1 is 1.09 bits per heavy atom. The molecule has 0 amide bonds. The molecule has 0 saturated carbocycles. The van der Waals surface area contributed by atoms with Gasteiger partial charge in [-0.3, -0.25) is 9.59 Å². The summed E-state index contributed by atoms with van der Waals surface area (Å²) in [7, 11) is 3.59. The summed E-state index contributed by atoms with van der Waals surface area (Å²) in [6, 6.07) is 16.7. The van der Waals surface area contributed by atoms with Crippen molar-refractivity contribution in [3.05, 3.63) is 70.9 Å². The number of fused-ring (bicyclic) bond motifs is 5. The molecule has 0 N–H and O–H groups in total. The molecule has 2 aliphatic rings. The fraction of sp³-hybridized carbons (Fsp3) is 0.448. The van der Waals surface area contributed by atoms with Gasteiger partial charge in [-0.05, 0) is 55.0 Å². The first-order chi connectivity index (χ1) is 16.4. The maximum atomic E-state index is 14.0. The number of hydrogen-bond acceptors (Lipinski definition) is 4. The number of Topliss-reactive ketones (excluding diaryl/α,β-unsaturated/α-hetero) is 1. The summed E-state index contributed by atoms with van der Waals surface area (Å²) >= 11 is 0. The van der Waals surface area contributed by atoms with Gasteiger partial charge < -0.3 is 14.2 Å². The van der Waals surface area contributed by atoms with Crippen molar-refractivity contribution in [2.24, 2.45) is 17.8 Å². The van der Waals surface area contributed by atoms with E-state index >= 15 is 0 Å². The lowest BCUT2D eigenvalue weighted by Gasteiger charge is -2.48. The molecule has 5 nitrogen and oxygen atoms in total. The summed E-state index contributed by atoms with van der Waals surface area (Å²) in [5.74, 6) is -0.0152. The number of ketones is 1. The first-order valence-corrected chi connectivity index (χ1v) is 12.4. The first-order valence-electron chi connectivity index (χ1n) is 12.4. The Bertz CT molecular complexity index is 1240. The molecule has 3 aromatic rings. The lowest BCUT2D eigenvalue weighted by molar-refractivity contribution is -0.154. The Morgan fingerprint density at radius 3 is 2.56 bits per heavy atom. The van der Waals surface area contributed by atoms with Gasteiger partial charge in [-0.15, -0.1) is 0 Å². The number of methoxy groups -OCH3 is 1. The molecule has 0 radical (unpaired) electrons. The molecule has 1 aliphatic carbocycles. The average molecular weight is 459 g/mol. The molecule has 2 heterocycles. The highest BCUT2D eigenvalue weighted by Gasteiger charge is 2.49. The van der Waals surface area contributed by atoms with E-state index in [1.165, 1.54) is 18.2 Å². The molecule has 178 valence electrons. The minimum Gasteiger partial charge on any atom is -0.469 e. The van der Waals surface area contributed by atoms with E-state index in [0.29, 0.717) is 25.3 Å². The maximum Gasteiger partial charge on any atom is 0.310 e. The summed E-state index contributed by atoms with van der Waals surface area (Å²) in [4.78, 5) is 29.4. The fourth-order valence-electron chi connectivity index (χ4n) is 6.51. The van der Waals surface area contributed by atoms with Crippen LogP contribution in [-0.2, 0) is 22.5 Å². The predicted octanol–water partition coefficient (Wildman–Crippen LogP) is 4.87. The van der Waals surface area contributed by atoms with Gasteiger partial charge in [0.15, 0.2) is 5.78 Å². The van der Waals surface area contributed by atoms with Gasteiger partial charge in [0.2, 0.25) is 0 Å². The molecule has 2 bridgehead atoms. The second kappa shape index (κ2) is 9.03. The topological polar surface area (TPSA) is 51.5 Å². The van der Waals surface area contributed by atoms with Crippen LogP contribution in [0.4, 0.5) is 0 Å². The van der Waals surface area contributed by atoms with Gasteiger partial charge in [-0.2, -0.15) is 0 Å². The summed E-state index contributed by atoms with van der Waals surface area (Å²) in [5.41, 5.74) is 5.43. The van der Waals surface area contributed by atoms with E-state index in [1.807, 2.05) is 12.1 Å². The molecule has 34 heavy (non-hydrogen) atoms. The minimum atomic E-state index is -0.288. The number of benzene rings is 2. The minimum absolute atomic E-state index is 0.00391. The highest BCUT2D eigenvalue weighted by molar-refractivity contribution is 6.03. The van der Waals surface area contributed by atoms with Crippen LogP contribution in [0.15, 0.2) is 48.5 Å². The quantitative estimate of drug-likeness (QED) is 0.524. The zero-order chi connectivity index (χ0) is 24.0. The van der Waals surface area contributed by atoms with Gasteiger partial charge in [-0.1, -0.05) is 55.8 Å². The number of esters is 1. The number of nitrogens with zero attached hydrogens (tertiary/aromatic N) is 2. The summed E-state index contributed by atoms with van der Waals surface area (Å²) in [5, 5.41) is 1.12. The highest BCUT2D eigenvalue weighted by atomic mass is 16.5. The van der Waals surface area contributed by atoms with Gasteiger partial charge in [0, 0.05) is 36.5 Å². The summed E-state index contributed by atoms with van der Waals surface area (Å²) < 4.78 is 7.52. The van der Waals surface area contributed by atoms with Crippen LogP contribution in [0.25, 0.3) is 10.9 Å². The van der Waals surface area contributed by atoms with Crippen molar-refractivity contribution in [3.63, 3.8) is 0 Å². The molecule has 1 unspecified atom stereocenters. The molecule has 1 aromatic heterocycles. The third-order valence-electron chi connectivity index (χ3n) is 8.33. The van der Waals surface area contributed by atoms with Crippen LogP contribution in [0, 0.1) is 24.7 Å². The van der Waals surface area contributed by atoms with E-state index in [-0.39, 0.29) is 29.6 Å². The highest BCUT2D eigenvalue weighted by Crippen LogP contribution is 2.43. The Balaban J connectivity index is 1.71. The molecule has 2 aromatic carbocycles. The number of aryl methyl sites for hydroxylation is 1. The Hall–Kier alpha value is -2.92. The van der Waals surface area contributed by atoms with Crippen LogP contribution in [0.3, 0.4) is 0 Å². The first kappa shape index (κ1) is 22.9. The number of carbonyl (C=O) groups is 2. The zero-order valence-electron chi connectivity index (χ0n) is 20.6. The average Bonchev–Trinajstić information content (AvgIpc) is 3.14. The van der Waals surface area contributed by atoms with Crippen molar-refractivity contribution in [1.82, 2.24) is 9.47 Å². The number of piperidine rings is 1. The number of para-hydroxylation sites is 1. The number of likely N-dealkylation sites (N-methyl/N-ethyl adjacent to an activating group) is 1. The van der Waals surface area contributed by atoms with E-state index in [9.17, 15) is 9.59 Å². The lowest BCUT2D eigenvalue weighted by atomic mass is 9.67. The molecule has 0 spiro atoms. The van der Waals surface area contributed by atoms with Crippen LogP contribution in [-0.4, -0.2) is 48.0 Å². The van der Waals surface area contributed by atoms with Crippen molar-refractivity contribution in [1.29, 1.82) is 0 Å². The van der Waals surface area contributed by atoms with Gasteiger partial charge >= 0.3 is 5.97 Å². The molecule has 1 saturated heterocycles. The van der Waals surface area contributed by atoms with Crippen molar-refractivity contribution in [2.75, 3.05) is 20.7 Å². The maximum absolute atomic E-state index is 14.0. The largest absolute Gasteiger partial charge is 0.469 e. The number of hydrogen-bond donors (Lipinski definition) is 0. The molecule has 5 heteroatoms. The van der Waals surface area contributed by atoms with Crippen molar-refractivity contribution in [2.45, 2.75) is 45.7 Å². The predicted molar refractivity (Wildman–Crippen MR) is 134 cm³/mol. The number of carbonyl (C=O) groups excluding carboxylic acids is 2. The van der Waals surface area contributed by atoms with Gasteiger partial charge in [0.1, 0.15) is 0 Å². The van der Waals surface area contributed by atoms with Crippen LogP contribution in [0.2, 0.25) is 0 Å². The third kappa shape index (κ3) is 3.67. The lowest BCUT2D eigenvalue weighted by Crippen LogP contribution is -2.56. The second-order valence-electron chi connectivity index (χ2n) is 10.1. The monoisotopic (exact) mass is 458 g/mol. The van der Waals surface area contributed by atoms with Gasteiger partial charge in [0.05, 0.1) is 18.7 Å². The van der Waals surface area contributed by atoms with Crippen LogP contribution in [0.5, 0.6) is 0 Å². The van der Waals surface area contributed by atoms with Crippen molar-refractivity contribution >= 4 is 22.7 Å². The molecular weight excluding hydrogens is 424 g/mol. The smallest absolute Gasteiger partial charge is 0.310 e. The van der Waals surface area contributed by atoms with Gasteiger partial charge in [0.25, 0.3) is 0 Å². The number of rotatable bonds is 4. The van der Waals surface area contributed by atoms with E-state index < -0.39 is 0 Å². The SMILES string of the molecule is CC[C@@H]1CN(C)[C@H]2Cc3c(n(Cc4ccccc4C)c4ccccc34)C(=O)C[C@H]1C2C(=O)OC. The molecular formula is C29H34N2O3. The molecule has 4 atom stereocenters. The van der Waals surface area contributed by atoms with Crippen molar-refractivity contribution < 1.29 is 14.3 Å². The Labute approximate surface area is 201 Å². The Kier molecular flexibility index (Phi) is 6.07. The summed E-state index contributed by atoms with van der Waals surface area (Å²) in [6.07, 6.45) is 2.01. The molecule has 1 fully saturated rings. The normalized spacial score (nSPS) is 25.0. The van der Waals surface area contributed by atoms with Crippen molar-refractivity contribution in [3.8, 4) is 0 Å². The Morgan fingerprint density at radius 2 is 1.82 bits per heavy atom. The third-order valence-corrected chi connectivity index (χ3v) is 8.33. The fourth-order valence-corrected chi connectivity index (χ4v) is 6.51. The standard InChI is InChI=1S/C29H34N2O3/c1-5-19-16-30(3)25-14-23-21-12-8-9-13-24(21)31(17-20-11-7-6-10-18(20)2)28(23)26(32)15-22(19)27(25)29(33)34-4/h6-13,19,22,25,27H,5,14-17H2,1-4H3/t19-,22-,25+,27?/m1/s1.